The molecule has 3 aromatic carbocycles. The third kappa shape index (κ3) is 15.2. The van der Waals surface area contributed by atoms with Gasteiger partial charge in [0.1, 0.15) is 0 Å². The van der Waals surface area contributed by atoms with Gasteiger partial charge in [-0.1, -0.05) is 117 Å². The number of aryl methyl sites for hydroxylation is 1. The van der Waals surface area contributed by atoms with Gasteiger partial charge in [0.25, 0.3) is 0 Å². The number of aliphatic imine (C=N–C) groups is 2. The van der Waals surface area contributed by atoms with Crippen LogP contribution in [0.15, 0.2) is 46.4 Å². The van der Waals surface area contributed by atoms with Gasteiger partial charge in [0, 0.05) is 58.8 Å². The molecular formula is C36H43Cl4N2O4Yb. The molecule has 0 unspecified atom stereocenters. The second-order valence-electron chi connectivity index (χ2n) is 13.0. The van der Waals surface area contributed by atoms with Gasteiger partial charge in [-0.05, 0) is 83.5 Å². The standard InChI is InChI=1S/C17H14Cl4N2O2.C15H24O.C4H8O.Yb/c18-12-4-10(16(24)14(20)6-12)8-22-2-1-3-23-9-11-5-13(19)7-15(21)17(11)25;1-10-8-11(14(2,3)4)13(16)12(9-10)15(5,6)7;1-2-4-5-3-1;/h4-9,24-25H,1-3H2;8-9,16H,1-7H3;1-4H2;/q;;;+3/p-3. The van der Waals surface area contributed by atoms with Crippen molar-refractivity contribution in [2.45, 2.75) is 78.6 Å². The summed E-state index contributed by atoms with van der Waals surface area (Å²) in [4.78, 5) is 8.31. The van der Waals surface area contributed by atoms with Crippen molar-refractivity contribution in [3.63, 3.8) is 0 Å². The predicted molar refractivity (Wildman–Crippen MR) is 189 cm³/mol. The summed E-state index contributed by atoms with van der Waals surface area (Å²) >= 11 is 23.2. The maximum Gasteiger partial charge on any atom is 3.00 e. The molecule has 1 heterocycles. The molecule has 1 fully saturated rings. The summed E-state index contributed by atoms with van der Waals surface area (Å²) in [6.07, 6.45) is 6.07. The van der Waals surface area contributed by atoms with Gasteiger partial charge in [-0.15, -0.1) is 5.75 Å². The summed E-state index contributed by atoms with van der Waals surface area (Å²) in [5.74, 6) is -0.409. The van der Waals surface area contributed by atoms with Crippen molar-refractivity contribution in [1.82, 2.24) is 0 Å². The van der Waals surface area contributed by atoms with Crippen molar-refractivity contribution in [2.24, 2.45) is 9.98 Å². The van der Waals surface area contributed by atoms with E-state index in [0.717, 1.165) is 24.3 Å². The zero-order valence-corrected chi connectivity index (χ0v) is 32.6. The minimum atomic E-state index is -0.311. The summed E-state index contributed by atoms with van der Waals surface area (Å²) in [5.41, 5.74) is 3.55. The number of ether oxygens (including phenoxy) is 1. The fourth-order valence-corrected chi connectivity index (χ4v) is 5.35. The Bertz CT molecular complexity index is 1400. The Hall–Kier alpha value is -0.961. The van der Waals surface area contributed by atoms with Crippen LogP contribution in [0.4, 0.5) is 0 Å². The largest absolute Gasteiger partial charge is 3.00 e. The molecule has 0 atom stereocenters. The fourth-order valence-electron chi connectivity index (χ4n) is 4.33. The Morgan fingerprint density at radius 1 is 0.660 bits per heavy atom. The van der Waals surface area contributed by atoms with Crippen molar-refractivity contribution in [1.29, 1.82) is 0 Å². The molecule has 3 aromatic rings. The zero-order valence-electron chi connectivity index (χ0n) is 27.9. The summed E-state index contributed by atoms with van der Waals surface area (Å²) in [6, 6.07) is 9.86. The van der Waals surface area contributed by atoms with Crippen LogP contribution in [0.3, 0.4) is 0 Å². The molecule has 1 aliphatic heterocycles. The molecule has 0 amide bonds. The Morgan fingerprint density at radius 3 is 1.36 bits per heavy atom. The van der Waals surface area contributed by atoms with E-state index in [1.54, 1.807) is 0 Å². The van der Waals surface area contributed by atoms with Gasteiger partial charge in [0.2, 0.25) is 0 Å². The Labute approximate surface area is 338 Å². The van der Waals surface area contributed by atoms with Crippen molar-refractivity contribution in [3.05, 3.63) is 84.3 Å². The Kier molecular flexibility index (Phi) is 19.4. The molecule has 0 bridgehead atoms. The molecular weight excluding hydrogens is 839 g/mol. The minimum Gasteiger partial charge on any atom is -0.872 e. The normalized spacial score (nSPS) is 13.2. The summed E-state index contributed by atoms with van der Waals surface area (Å²) in [6.45, 7) is 17.5. The van der Waals surface area contributed by atoms with Gasteiger partial charge >= 0.3 is 46.9 Å². The first-order valence-corrected chi connectivity index (χ1v) is 16.6. The van der Waals surface area contributed by atoms with Crippen LogP contribution < -0.4 is 15.3 Å². The van der Waals surface area contributed by atoms with E-state index in [0.29, 0.717) is 40.7 Å². The van der Waals surface area contributed by atoms with Crippen LogP contribution in [0.5, 0.6) is 17.2 Å². The van der Waals surface area contributed by atoms with Crippen LogP contribution in [0.1, 0.15) is 88.6 Å². The molecule has 1 radical (unpaired) electrons. The van der Waals surface area contributed by atoms with E-state index in [1.165, 1.54) is 55.1 Å². The van der Waals surface area contributed by atoms with E-state index < -0.39 is 0 Å². The topological polar surface area (TPSA) is 103 Å². The number of halogens is 4. The molecule has 0 spiro atoms. The van der Waals surface area contributed by atoms with Crippen LogP contribution in [0.25, 0.3) is 0 Å². The predicted octanol–water partition coefficient (Wildman–Crippen LogP) is 8.84. The first-order valence-electron chi connectivity index (χ1n) is 15.1. The first-order chi connectivity index (χ1) is 21.4. The Morgan fingerprint density at radius 2 is 1.04 bits per heavy atom. The van der Waals surface area contributed by atoms with E-state index in [1.807, 2.05) is 12.1 Å². The number of rotatable bonds is 6. The number of hydrogen-bond acceptors (Lipinski definition) is 6. The van der Waals surface area contributed by atoms with E-state index in [4.69, 9.17) is 51.1 Å². The monoisotopic (exact) mass is 881 g/mol. The zero-order chi connectivity index (χ0) is 34.7. The molecule has 263 valence electrons. The van der Waals surface area contributed by atoms with Crippen molar-refractivity contribution >= 4 is 58.8 Å². The molecule has 1 saturated heterocycles. The molecule has 0 saturated carbocycles. The smallest absolute Gasteiger partial charge is 0.872 e. The number of nitrogens with zero attached hydrogens (tertiary/aromatic N) is 2. The Balaban J connectivity index is 0.000000427. The van der Waals surface area contributed by atoms with Gasteiger partial charge in [0.05, 0.1) is 0 Å². The van der Waals surface area contributed by atoms with E-state index in [-0.39, 0.29) is 85.0 Å². The number of benzene rings is 3. The molecule has 11 heteroatoms. The molecule has 1 aliphatic rings. The maximum atomic E-state index is 12.4. The van der Waals surface area contributed by atoms with Crippen molar-refractivity contribution in [2.75, 3.05) is 26.3 Å². The van der Waals surface area contributed by atoms with E-state index in [9.17, 15) is 15.3 Å². The van der Waals surface area contributed by atoms with Crippen molar-refractivity contribution in [3.8, 4) is 17.2 Å². The molecule has 0 aromatic heterocycles. The average molecular weight is 883 g/mol. The molecule has 0 N–H and O–H groups in total. The van der Waals surface area contributed by atoms with Gasteiger partial charge in [-0.2, -0.15) is 0 Å². The van der Waals surface area contributed by atoms with Crippen LogP contribution in [0, 0.1) is 53.8 Å². The average Bonchev–Trinajstić information content (AvgIpc) is 3.54. The third-order valence-electron chi connectivity index (χ3n) is 6.79. The van der Waals surface area contributed by atoms with Crippen LogP contribution in [-0.2, 0) is 15.6 Å². The van der Waals surface area contributed by atoms with Crippen molar-refractivity contribution < 1.29 is 67.0 Å². The third-order valence-corrected chi connectivity index (χ3v) is 7.78. The van der Waals surface area contributed by atoms with Gasteiger partial charge in [-0.3, -0.25) is 9.98 Å². The maximum absolute atomic E-state index is 12.4. The summed E-state index contributed by atoms with van der Waals surface area (Å²) < 4.78 is 4.94. The van der Waals surface area contributed by atoms with Gasteiger partial charge in [0.15, 0.2) is 0 Å². The van der Waals surface area contributed by atoms with Crippen LogP contribution in [-0.4, -0.2) is 38.7 Å². The quantitative estimate of drug-likeness (QED) is 0.182. The second-order valence-corrected chi connectivity index (χ2v) is 14.7. The summed E-state index contributed by atoms with van der Waals surface area (Å²) in [7, 11) is 0. The minimum absolute atomic E-state index is 0. The SMILES string of the molecule is C1CCOC1.Cc1cc(C(C)(C)C)c([O-])c(C(C)(C)C)c1.[O-]c1c(Cl)cc(Cl)cc1C=NCCCN=Cc1cc(Cl)cc(Cl)c1[O-].[Yb+3]. The first kappa shape index (κ1) is 44.1. The number of hydrogen-bond donors (Lipinski definition) is 0. The molecule has 6 nitrogen and oxygen atoms in total. The van der Waals surface area contributed by atoms with Crippen LogP contribution >= 0.6 is 46.4 Å². The van der Waals surface area contributed by atoms with E-state index >= 15 is 0 Å². The van der Waals surface area contributed by atoms with Gasteiger partial charge in [-0.25, -0.2) is 0 Å². The van der Waals surface area contributed by atoms with E-state index in [2.05, 4.69) is 58.5 Å². The van der Waals surface area contributed by atoms with Crippen LogP contribution in [0.2, 0.25) is 20.1 Å². The van der Waals surface area contributed by atoms with Gasteiger partial charge < -0.3 is 20.1 Å². The molecule has 0 aliphatic carbocycles. The molecule has 4 rings (SSSR count). The summed E-state index contributed by atoms with van der Waals surface area (Å²) in [5, 5.41) is 36.8. The second kappa shape index (κ2) is 20.7. The fraction of sp³-hybridized carbons (Fsp3) is 0.444. The molecule has 47 heavy (non-hydrogen) atoms.